The first-order valence-corrected chi connectivity index (χ1v) is 6.56. The normalized spacial score (nSPS) is 27.7. The van der Waals surface area contributed by atoms with Gasteiger partial charge < -0.3 is 11.1 Å². The van der Waals surface area contributed by atoms with Gasteiger partial charge in [-0.15, -0.1) is 0 Å². The molecule has 1 fully saturated rings. The summed E-state index contributed by atoms with van der Waals surface area (Å²) in [7, 11) is 0. The molecule has 1 heterocycles. The van der Waals surface area contributed by atoms with E-state index in [1.54, 1.807) is 12.3 Å². The number of aromatic amines is 1. The molecule has 1 aliphatic carbocycles. The van der Waals surface area contributed by atoms with Crippen LogP contribution >= 0.6 is 12.2 Å². The van der Waals surface area contributed by atoms with Crippen molar-refractivity contribution in [3.8, 4) is 0 Å². The Bertz CT molecular complexity index is 435. The molecule has 0 radical (unpaired) electrons. The smallest absolute Gasteiger partial charge is 0.270 e. The number of rotatable bonds is 3. The van der Waals surface area contributed by atoms with E-state index in [-0.39, 0.29) is 5.91 Å². The van der Waals surface area contributed by atoms with Crippen LogP contribution in [0.3, 0.4) is 0 Å². The summed E-state index contributed by atoms with van der Waals surface area (Å²) < 4.78 is 0. The number of hydrogen-bond donors (Lipinski definition) is 3. The minimum atomic E-state index is -0.538. The van der Waals surface area contributed by atoms with Crippen molar-refractivity contribution < 1.29 is 4.79 Å². The molecule has 1 aliphatic rings. The summed E-state index contributed by atoms with van der Waals surface area (Å²) in [5.74, 6) is 0.464. The van der Waals surface area contributed by atoms with Crippen LogP contribution in [0.2, 0.25) is 0 Å². The van der Waals surface area contributed by atoms with Crippen LogP contribution < -0.4 is 11.1 Å². The zero-order chi connectivity index (χ0) is 13.2. The Labute approximate surface area is 112 Å². The number of nitrogens with one attached hydrogen (secondary N) is 2. The average Bonchev–Trinajstić information content (AvgIpc) is 2.85. The molecule has 5 nitrogen and oxygen atoms in total. The number of thiocarbonyl (C=S) groups is 1. The number of amides is 1. The molecule has 1 aromatic heterocycles. The zero-order valence-corrected chi connectivity index (χ0v) is 11.2. The molecule has 2 rings (SSSR count). The summed E-state index contributed by atoms with van der Waals surface area (Å²) in [6, 6.07) is 1.63. The van der Waals surface area contributed by atoms with Crippen molar-refractivity contribution >= 4 is 23.1 Å². The van der Waals surface area contributed by atoms with E-state index in [1.807, 2.05) is 0 Å². The van der Waals surface area contributed by atoms with E-state index < -0.39 is 5.54 Å². The van der Waals surface area contributed by atoms with E-state index in [2.05, 4.69) is 22.4 Å². The molecule has 0 aromatic carbocycles. The Morgan fingerprint density at radius 1 is 1.61 bits per heavy atom. The molecule has 0 saturated heterocycles. The number of aromatic nitrogens is 2. The van der Waals surface area contributed by atoms with Crippen molar-refractivity contribution in [1.82, 2.24) is 15.5 Å². The van der Waals surface area contributed by atoms with E-state index >= 15 is 0 Å². The van der Waals surface area contributed by atoms with Gasteiger partial charge in [0.15, 0.2) is 0 Å². The molecule has 0 spiro atoms. The van der Waals surface area contributed by atoms with Gasteiger partial charge >= 0.3 is 0 Å². The monoisotopic (exact) mass is 266 g/mol. The van der Waals surface area contributed by atoms with Crippen molar-refractivity contribution in [1.29, 1.82) is 0 Å². The van der Waals surface area contributed by atoms with Crippen molar-refractivity contribution in [3.05, 3.63) is 18.0 Å². The predicted octanol–water partition coefficient (Wildman–Crippen LogP) is 1.37. The van der Waals surface area contributed by atoms with Crippen molar-refractivity contribution in [3.63, 3.8) is 0 Å². The first-order valence-electron chi connectivity index (χ1n) is 6.15. The SMILES string of the molecule is CC1CCC(NC(=O)c2ccn[nH]2)(C(N)=S)CC1. The summed E-state index contributed by atoms with van der Waals surface area (Å²) in [6.07, 6.45) is 5.22. The second kappa shape index (κ2) is 5.06. The molecule has 0 bridgehead atoms. The minimum absolute atomic E-state index is 0.199. The highest BCUT2D eigenvalue weighted by molar-refractivity contribution is 7.80. The van der Waals surface area contributed by atoms with Crippen LogP contribution in [0.5, 0.6) is 0 Å². The van der Waals surface area contributed by atoms with Gasteiger partial charge in [0.25, 0.3) is 5.91 Å². The molecule has 1 saturated carbocycles. The van der Waals surface area contributed by atoms with Crippen molar-refractivity contribution in [2.24, 2.45) is 11.7 Å². The highest BCUT2D eigenvalue weighted by Gasteiger charge is 2.38. The highest BCUT2D eigenvalue weighted by atomic mass is 32.1. The van der Waals surface area contributed by atoms with Gasteiger partial charge in [0, 0.05) is 6.20 Å². The maximum atomic E-state index is 12.1. The second-order valence-corrected chi connectivity index (χ2v) is 5.49. The fraction of sp³-hybridized carbons (Fsp3) is 0.583. The molecular formula is C12H18N4OS. The van der Waals surface area contributed by atoms with E-state index in [4.69, 9.17) is 18.0 Å². The lowest BCUT2D eigenvalue weighted by Crippen LogP contribution is -2.58. The maximum absolute atomic E-state index is 12.1. The molecule has 18 heavy (non-hydrogen) atoms. The molecule has 0 aliphatic heterocycles. The lowest BCUT2D eigenvalue weighted by atomic mass is 9.77. The quantitative estimate of drug-likeness (QED) is 0.722. The first-order chi connectivity index (χ1) is 8.53. The van der Waals surface area contributed by atoms with Gasteiger partial charge in [-0.3, -0.25) is 9.89 Å². The summed E-state index contributed by atoms with van der Waals surface area (Å²) in [5.41, 5.74) is 5.74. The van der Waals surface area contributed by atoms with E-state index in [0.29, 0.717) is 16.6 Å². The van der Waals surface area contributed by atoms with E-state index in [1.165, 1.54) is 0 Å². The van der Waals surface area contributed by atoms with Crippen LogP contribution in [0.15, 0.2) is 12.3 Å². The molecule has 1 amide bonds. The standard InChI is InChI=1S/C12H18N4OS/c1-8-2-5-12(6-3-8,11(13)18)15-10(17)9-4-7-14-16-9/h4,7-8H,2-3,5-6H2,1H3,(H2,13,18)(H,14,16)(H,15,17). The van der Waals surface area contributed by atoms with Crippen LogP contribution in [0.4, 0.5) is 0 Å². The Balaban J connectivity index is 2.12. The van der Waals surface area contributed by atoms with Gasteiger partial charge in [0.05, 0.1) is 10.5 Å². The summed E-state index contributed by atoms with van der Waals surface area (Å²) in [5, 5.41) is 9.39. The fourth-order valence-corrected chi connectivity index (χ4v) is 2.61. The number of H-pyrrole nitrogens is 1. The third kappa shape index (κ3) is 2.53. The third-order valence-corrected chi connectivity index (χ3v) is 4.09. The second-order valence-electron chi connectivity index (χ2n) is 5.05. The van der Waals surface area contributed by atoms with Crippen LogP contribution in [0.25, 0.3) is 0 Å². The first kappa shape index (κ1) is 13.0. The third-order valence-electron chi connectivity index (χ3n) is 3.70. The van der Waals surface area contributed by atoms with E-state index in [9.17, 15) is 4.79 Å². The number of hydrogen-bond acceptors (Lipinski definition) is 3. The van der Waals surface area contributed by atoms with Gasteiger partial charge in [-0.2, -0.15) is 5.10 Å². The van der Waals surface area contributed by atoms with Gasteiger partial charge in [0.1, 0.15) is 5.69 Å². The highest BCUT2D eigenvalue weighted by Crippen LogP contribution is 2.32. The van der Waals surface area contributed by atoms with Gasteiger partial charge in [-0.05, 0) is 37.7 Å². The fourth-order valence-electron chi connectivity index (χ4n) is 2.35. The number of nitrogens with two attached hydrogens (primary N) is 1. The Hall–Kier alpha value is -1.43. The molecule has 6 heteroatoms. The van der Waals surface area contributed by atoms with Crippen molar-refractivity contribution in [2.75, 3.05) is 0 Å². The van der Waals surface area contributed by atoms with Crippen molar-refractivity contribution in [2.45, 2.75) is 38.1 Å². The number of carbonyl (C=O) groups excluding carboxylic acids is 1. The lowest BCUT2D eigenvalue weighted by Gasteiger charge is -2.39. The Morgan fingerprint density at radius 3 is 2.78 bits per heavy atom. The van der Waals surface area contributed by atoms with Gasteiger partial charge in [-0.1, -0.05) is 19.1 Å². The number of carbonyl (C=O) groups is 1. The maximum Gasteiger partial charge on any atom is 0.270 e. The topological polar surface area (TPSA) is 83.8 Å². The molecule has 98 valence electrons. The lowest BCUT2D eigenvalue weighted by molar-refractivity contribution is 0.0895. The molecular weight excluding hydrogens is 248 g/mol. The minimum Gasteiger partial charge on any atom is -0.391 e. The largest absolute Gasteiger partial charge is 0.391 e. The average molecular weight is 266 g/mol. The summed E-state index contributed by atoms with van der Waals surface area (Å²) in [6.45, 7) is 2.21. The van der Waals surface area contributed by atoms with Gasteiger partial charge in [-0.25, -0.2) is 0 Å². The predicted molar refractivity (Wildman–Crippen MR) is 73.2 cm³/mol. The van der Waals surface area contributed by atoms with Crippen LogP contribution in [0, 0.1) is 5.92 Å². The van der Waals surface area contributed by atoms with Crippen LogP contribution in [-0.2, 0) is 0 Å². The summed E-state index contributed by atoms with van der Waals surface area (Å²) in [4.78, 5) is 12.4. The molecule has 4 N–H and O–H groups in total. The molecule has 0 unspecified atom stereocenters. The molecule has 1 aromatic rings. The van der Waals surface area contributed by atoms with Crippen LogP contribution in [-0.4, -0.2) is 26.6 Å². The van der Waals surface area contributed by atoms with Gasteiger partial charge in [0.2, 0.25) is 0 Å². The Kier molecular flexibility index (Phi) is 3.65. The van der Waals surface area contributed by atoms with E-state index in [0.717, 1.165) is 25.7 Å². The Morgan fingerprint density at radius 2 is 2.28 bits per heavy atom. The zero-order valence-electron chi connectivity index (χ0n) is 10.4. The molecule has 0 atom stereocenters. The van der Waals surface area contributed by atoms with Crippen LogP contribution in [0.1, 0.15) is 43.1 Å². The summed E-state index contributed by atoms with van der Waals surface area (Å²) >= 11 is 5.15. The number of nitrogens with zero attached hydrogens (tertiary/aromatic N) is 1.